The van der Waals surface area contributed by atoms with Crippen molar-refractivity contribution in [1.82, 2.24) is 19.7 Å². The van der Waals surface area contributed by atoms with E-state index in [1.807, 2.05) is 38.4 Å². The molecule has 1 saturated carbocycles. The van der Waals surface area contributed by atoms with Crippen LogP contribution in [0.2, 0.25) is 0 Å². The lowest BCUT2D eigenvalue weighted by molar-refractivity contribution is 0.743. The number of benzene rings is 2. The summed E-state index contributed by atoms with van der Waals surface area (Å²) in [6, 6.07) is 21.9. The van der Waals surface area contributed by atoms with Crippen LogP contribution in [0, 0.1) is 6.92 Å². The second kappa shape index (κ2) is 8.66. The number of rotatable bonds is 4. The Balaban J connectivity index is 0.00000111. The maximum atomic E-state index is 4.93. The van der Waals surface area contributed by atoms with E-state index in [-0.39, 0.29) is 0 Å². The number of hydrogen-bond donors (Lipinski definition) is 0. The standard InChI is InChI=1S/C26H23N5.C2H6/c1-17-6-8-19(9-7-17)20-10-11-21-15-30(18(2)23(21)14-20)25-5-3-4-24(28-25)26-29-27-16-31(26)22-12-13-22;1-2/h3-11,14,16,22H,2,12-13,15H2,1H3;1-2H3. The molecular weight excluding hydrogens is 406 g/mol. The predicted molar refractivity (Wildman–Crippen MR) is 135 cm³/mol. The molecule has 1 aliphatic carbocycles. The first-order valence-corrected chi connectivity index (χ1v) is 11.7. The van der Waals surface area contributed by atoms with E-state index in [2.05, 4.69) is 75.6 Å². The van der Waals surface area contributed by atoms with Crippen LogP contribution in [0.5, 0.6) is 0 Å². The quantitative estimate of drug-likeness (QED) is 0.359. The molecule has 0 saturated heterocycles. The molecule has 33 heavy (non-hydrogen) atoms. The largest absolute Gasteiger partial charge is 0.322 e. The van der Waals surface area contributed by atoms with Gasteiger partial charge in [0.25, 0.3) is 0 Å². The Kier molecular flexibility index (Phi) is 5.55. The summed E-state index contributed by atoms with van der Waals surface area (Å²) in [4.78, 5) is 7.12. The van der Waals surface area contributed by atoms with Crippen LogP contribution in [0.25, 0.3) is 28.3 Å². The topological polar surface area (TPSA) is 46.8 Å². The van der Waals surface area contributed by atoms with Crippen LogP contribution in [-0.4, -0.2) is 19.7 Å². The molecule has 5 heteroatoms. The van der Waals surface area contributed by atoms with Crippen molar-refractivity contribution in [3.05, 3.63) is 90.3 Å². The molecule has 6 rings (SSSR count). The fourth-order valence-electron chi connectivity index (χ4n) is 4.28. The maximum Gasteiger partial charge on any atom is 0.182 e. The van der Waals surface area contributed by atoms with Gasteiger partial charge in [-0.1, -0.05) is 68.5 Å². The van der Waals surface area contributed by atoms with Crippen molar-refractivity contribution in [2.24, 2.45) is 0 Å². The van der Waals surface area contributed by atoms with Gasteiger partial charge in [-0.2, -0.15) is 0 Å². The lowest BCUT2D eigenvalue weighted by Gasteiger charge is -2.19. The summed E-state index contributed by atoms with van der Waals surface area (Å²) in [5.74, 6) is 1.73. The van der Waals surface area contributed by atoms with Crippen LogP contribution >= 0.6 is 0 Å². The first-order chi connectivity index (χ1) is 16.2. The lowest BCUT2D eigenvalue weighted by atomic mass is 9.99. The highest BCUT2D eigenvalue weighted by atomic mass is 15.3. The fraction of sp³-hybridized carbons (Fsp3) is 0.250. The number of anilines is 1. The van der Waals surface area contributed by atoms with Gasteiger partial charge in [-0.3, -0.25) is 0 Å². The third-order valence-corrected chi connectivity index (χ3v) is 6.21. The molecule has 5 nitrogen and oxygen atoms in total. The van der Waals surface area contributed by atoms with Gasteiger partial charge in [0.1, 0.15) is 17.8 Å². The molecule has 2 aromatic heterocycles. The molecule has 166 valence electrons. The summed E-state index contributed by atoms with van der Waals surface area (Å²) < 4.78 is 2.15. The van der Waals surface area contributed by atoms with Gasteiger partial charge in [0.15, 0.2) is 5.82 Å². The number of aryl methyl sites for hydroxylation is 1. The Bertz CT molecular complexity index is 1300. The average Bonchev–Trinajstić information content (AvgIpc) is 3.49. The molecule has 1 fully saturated rings. The van der Waals surface area contributed by atoms with Crippen molar-refractivity contribution < 1.29 is 0 Å². The summed E-state index contributed by atoms with van der Waals surface area (Å²) >= 11 is 0. The molecule has 0 N–H and O–H groups in total. The van der Waals surface area contributed by atoms with Gasteiger partial charge in [-0.25, -0.2) is 4.98 Å². The van der Waals surface area contributed by atoms with E-state index >= 15 is 0 Å². The van der Waals surface area contributed by atoms with E-state index in [9.17, 15) is 0 Å². The minimum atomic E-state index is 0.515. The van der Waals surface area contributed by atoms with E-state index in [1.54, 1.807) is 0 Å². The van der Waals surface area contributed by atoms with Crippen molar-refractivity contribution in [2.75, 3.05) is 4.90 Å². The average molecular weight is 436 g/mol. The van der Waals surface area contributed by atoms with E-state index in [0.29, 0.717) is 6.04 Å². The zero-order chi connectivity index (χ0) is 22.9. The van der Waals surface area contributed by atoms with Crippen LogP contribution in [-0.2, 0) is 6.54 Å². The third kappa shape index (κ3) is 3.95. The SMILES string of the molecule is C=C1c2cc(-c3ccc(C)cc3)ccc2CN1c1cccc(-c2nncn2C2CC2)n1.CC. The van der Waals surface area contributed by atoms with Crippen molar-refractivity contribution in [2.45, 2.75) is 46.2 Å². The Morgan fingerprint density at radius 2 is 1.70 bits per heavy atom. The van der Waals surface area contributed by atoms with Gasteiger partial charge < -0.3 is 9.47 Å². The third-order valence-electron chi connectivity index (χ3n) is 6.21. The van der Waals surface area contributed by atoms with Crippen LogP contribution in [0.1, 0.15) is 49.4 Å². The van der Waals surface area contributed by atoms with Crippen molar-refractivity contribution >= 4 is 11.5 Å². The van der Waals surface area contributed by atoms with Crippen LogP contribution in [0.4, 0.5) is 5.82 Å². The molecule has 2 aliphatic rings. The maximum absolute atomic E-state index is 4.93. The molecular formula is C28H29N5. The Labute approximate surface area is 195 Å². The highest BCUT2D eigenvalue weighted by molar-refractivity contribution is 5.85. The number of aromatic nitrogens is 4. The van der Waals surface area contributed by atoms with E-state index in [1.165, 1.54) is 40.7 Å². The number of fused-ring (bicyclic) bond motifs is 1. The van der Waals surface area contributed by atoms with Gasteiger partial charge in [-0.15, -0.1) is 10.2 Å². The van der Waals surface area contributed by atoms with E-state index < -0.39 is 0 Å². The molecule has 4 aromatic rings. The smallest absolute Gasteiger partial charge is 0.182 e. The van der Waals surface area contributed by atoms with E-state index in [4.69, 9.17) is 4.98 Å². The van der Waals surface area contributed by atoms with Gasteiger partial charge in [0, 0.05) is 17.3 Å². The van der Waals surface area contributed by atoms with Gasteiger partial charge in [0.05, 0.1) is 6.54 Å². The zero-order valence-corrected chi connectivity index (χ0v) is 19.5. The van der Waals surface area contributed by atoms with Crippen LogP contribution in [0.3, 0.4) is 0 Å². The summed E-state index contributed by atoms with van der Waals surface area (Å²) in [5, 5.41) is 8.45. The molecule has 0 spiro atoms. The van der Waals surface area contributed by atoms with Crippen LogP contribution in [0.15, 0.2) is 73.6 Å². The van der Waals surface area contributed by atoms with E-state index in [0.717, 1.165) is 29.6 Å². The fourth-order valence-corrected chi connectivity index (χ4v) is 4.28. The number of pyridine rings is 1. The Hall–Kier alpha value is -3.73. The molecule has 2 aromatic carbocycles. The Morgan fingerprint density at radius 3 is 2.45 bits per heavy atom. The molecule has 0 radical (unpaired) electrons. The first kappa shape index (κ1) is 21.1. The van der Waals surface area contributed by atoms with Crippen LogP contribution < -0.4 is 4.90 Å². The summed E-state index contributed by atoms with van der Waals surface area (Å²) in [5.41, 5.74) is 7.99. The molecule has 0 atom stereocenters. The highest BCUT2D eigenvalue weighted by Crippen LogP contribution is 2.39. The monoisotopic (exact) mass is 435 g/mol. The molecule has 0 amide bonds. The van der Waals surface area contributed by atoms with Crippen molar-refractivity contribution in [1.29, 1.82) is 0 Å². The number of nitrogens with zero attached hydrogens (tertiary/aromatic N) is 5. The summed E-state index contributed by atoms with van der Waals surface area (Å²) in [6.45, 7) is 11.3. The highest BCUT2D eigenvalue weighted by Gasteiger charge is 2.28. The minimum Gasteiger partial charge on any atom is -0.322 e. The molecule has 0 unspecified atom stereocenters. The molecule has 3 heterocycles. The Morgan fingerprint density at radius 1 is 0.939 bits per heavy atom. The minimum absolute atomic E-state index is 0.515. The summed E-state index contributed by atoms with van der Waals surface area (Å²) in [7, 11) is 0. The second-order valence-electron chi connectivity index (χ2n) is 8.44. The zero-order valence-electron chi connectivity index (χ0n) is 19.5. The van der Waals surface area contributed by atoms with Gasteiger partial charge in [-0.05, 0) is 54.7 Å². The number of hydrogen-bond acceptors (Lipinski definition) is 4. The van der Waals surface area contributed by atoms with Crippen molar-refractivity contribution in [3.63, 3.8) is 0 Å². The summed E-state index contributed by atoms with van der Waals surface area (Å²) in [6.07, 6.45) is 4.19. The first-order valence-electron chi connectivity index (χ1n) is 11.7. The van der Waals surface area contributed by atoms with Gasteiger partial charge in [0.2, 0.25) is 0 Å². The molecule has 1 aliphatic heterocycles. The van der Waals surface area contributed by atoms with Gasteiger partial charge >= 0.3 is 0 Å². The predicted octanol–water partition coefficient (Wildman–Crippen LogP) is 6.67. The van der Waals surface area contributed by atoms with Crippen molar-refractivity contribution in [3.8, 4) is 22.6 Å². The second-order valence-corrected chi connectivity index (χ2v) is 8.44. The lowest BCUT2D eigenvalue weighted by Crippen LogP contribution is -2.15. The molecule has 0 bridgehead atoms. The normalized spacial score (nSPS) is 14.6.